The van der Waals surface area contributed by atoms with Crippen LogP contribution in [0.5, 0.6) is 0 Å². The molecule has 1 aromatic carbocycles. The van der Waals surface area contributed by atoms with E-state index in [9.17, 15) is 23.1 Å². The Morgan fingerprint density at radius 3 is 2.38 bits per heavy atom. The number of carbonyl (C=O) groups excluding carboxylic acids is 1. The van der Waals surface area contributed by atoms with Crippen molar-refractivity contribution < 1.29 is 28.2 Å². The van der Waals surface area contributed by atoms with Gasteiger partial charge < -0.3 is 15.5 Å². The molecule has 0 spiro atoms. The Labute approximate surface area is 154 Å². The standard InChI is InChI=1S/C16H18N2O6S2/c1-16(22,15(20)21)10-17-14(19)11-4-6-13(7-5-11)26(23,24)18-9-12-3-2-8-25-12/h2-8,18,22H,9-10H2,1H3,(H,17,19)(H,20,21). The molecule has 0 aliphatic carbocycles. The molecule has 0 saturated carbocycles. The van der Waals surface area contributed by atoms with E-state index >= 15 is 0 Å². The highest BCUT2D eigenvalue weighted by Gasteiger charge is 2.30. The van der Waals surface area contributed by atoms with E-state index in [4.69, 9.17) is 5.11 Å². The van der Waals surface area contributed by atoms with Gasteiger partial charge in [-0.2, -0.15) is 0 Å². The van der Waals surface area contributed by atoms with Gasteiger partial charge in [0.2, 0.25) is 10.0 Å². The Balaban J connectivity index is 2.00. The van der Waals surface area contributed by atoms with Gasteiger partial charge in [-0.1, -0.05) is 6.07 Å². The van der Waals surface area contributed by atoms with Crippen molar-refractivity contribution in [3.8, 4) is 0 Å². The van der Waals surface area contributed by atoms with Gasteiger partial charge in [0.15, 0.2) is 5.60 Å². The van der Waals surface area contributed by atoms with Crippen LogP contribution in [-0.2, 0) is 21.4 Å². The fourth-order valence-electron chi connectivity index (χ4n) is 1.88. The van der Waals surface area contributed by atoms with Crippen LogP contribution in [0.25, 0.3) is 0 Å². The zero-order chi connectivity index (χ0) is 19.4. The smallest absolute Gasteiger partial charge is 0.337 e. The highest BCUT2D eigenvalue weighted by Crippen LogP contribution is 2.13. The SMILES string of the molecule is CC(O)(CNC(=O)c1ccc(S(=O)(=O)NCc2cccs2)cc1)C(=O)O. The number of thiophene rings is 1. The van der Waals surface area contributed by atoms with Crippen LogP contribution in [0.3, 0.4) is 0 Å². The number of nitrogens with one attached hydrogen (secondary N) is 2. The first-order chi connectivity index (χ1) is 12.1. The molecule has 10 heteroatoms. The fourth-order valence-corrected chi connectivity index (χ4v) is 3.62. The summed E-state index contributed by atoms with van der Waals surface area (Å²) < 4.78 is 26.9. The maximum absolute atomic E-state index is 12.2. The number of amides is 1. The summed E-state index contributed by atoms with van der Waals surface area (Å²) in [7, 11) is -3.72. The predicted octanol–water partition coefficient (Wildman–Crippen LogP) is 0.792. The molecule has 1 aromatic heterocycles. The Kier molecular flexibility index (Phi) is 6.13. The first kappa shape index (κ1) is 20.0. The summed E-state index contributed by atoms with van der Waals surface area (Å²) in [6.45, 7) is 0.751. The first-order valence-corrected chi connectivity index (χ1v) is 9.84. The lowest BCUT2D eigenvalue weighted by Crippen LogP contribution is -2.46. The molecule has 2 aromatic rings. The van der Waals surface area contributed by atoms with E-state index in [1.54, 1.807) is 0 Å². The predicted molar refractivity (Wildman–Crippen MR) is 95.4 cm³/mol. The van der Waals surface area contributed by atoms with E-state index in [0.29, 0.717) is 0 Å². The number of hydrogen-bond acceptors (Lipinski definition) is 6. The van der Waals surface area contributed by atoms with Gasteiger partial charge in [0.1, 0.15) is 0 Å². The second kappa shape index (κ2) is 7.96. The van der Waals surface area contributed by atoms with Crippen LogP contribution in [0, 0.1) is 0 Å². The van der Waals surface area contributed by atoms with Gasteiger partial charge in [-0.15, -0.1) is 11.3 Å². The molecule has 0 aliphatic heterocycles. The second-order valence-electron chi connectivity index (χ2n) is 5.69. The van der Waals surface area contributed by atoms with Gasteiger partial charge in [-0.3, -0.25) is 4.79 Å². The minimum atomic E-state index is -3.72. The number of carbonyl (C=O) groups is 2. The Hall–Kier alpha value is -2.27. The zero-order valence-electron chi connectivity index (χ0n) is 13.8. The molecule has 0 bridgehead atoms. The van der Waals surface area contributed by atoms with Crippen LogP contribution in [0.1, 0.15) is 22.2 Å². The molecule has 1 atom stereocenters. The first-order valence-electron chi connectivity index (χ1n) is 7.48. The molecule has 0 aliphatic rings. The van der Waals surface area contributed by atoms with Crippen molar-refractivity contribution in [3.63, 3.8) is 0 Å². The van der Waals surface area contributed by atoms with Gasteiger partial charge >= 0.3 is 5.97 Å². The van der Waals surface area contributed by atoms with Crippen LogP contribution < -0.4 is 10.0 Å². The van der Waals surface area contributed by atoms with Crippen molar-refractivity contribution in [2.45, 2.75) is 24.0 Å². The summed E-state index contributed by atoms with van der Waals surface area (Å²) in [5.74, 6) is -2.09. The lowest BCUT2D eigenvalue weighted by Gasteiger charge is -2.18. The quantitative estimate of drug-likeness (QED) is 0.520. The molecule has 0 saturated heterocycles. The van der Waals surface area contributed by atoms with Crippen molar-refractivity contribution in [1.82, 2.24) is 10.0 Å². The van der Waals surface area contributed by atoms with Crippen LogP contribution in [-0.4, -0.2) is 42.7 Å². The van der Waals surface area contributed by atoms with Crippen LogP contribution in [0.4, 0.5) is 0 Å². The van der Waals surface area contributed by atoms with Crippen molar-refractivity contribution in [2.24, 2.45) is 0 Å². The minimum absolute atomic E-state index is 0.00291. The molecule has 4 N–H and O–H groups in total. The van der Waals surface area contributed by atoms with Crippen LogP contribution in [0.15, 0.2) is 46.7 Å². The molecule has 1 heterocycles. The van der Waals surface area contributed by atoms with Gasteiger partial charge in [-0.05, 0) is 42.6 Å². The number of benzene rings is 1. The van der Waals surface area contributed by atoms with Gasteiger partial charge in [-0.25, -0.2) is 17.9 Å². The third kappa shape index (κ3) is 5.11. The average molecular weight is 398 g/mol. The zero-order valence-corrected chi connectivity index (χ0v) is 15.4. The third-order valence-electron chi connectivity index (χ3n) is 3.50. The topological polar surface area (TPSA) is 133 Å². The number of rotatable bonds is 8. The summed E-state index contributed by atoms with van der Waals surface area (Å²) in [5.41, 5.74) is -1.95. The van der Waals surface area contributed by atoms with Crippen molar-refractivity contribution in [2.75, 3.05) is 6.54 Å². The third-order valence-corrected chi connectivity index (χ3v) is 5.79. The molecule has 1 amide bonds. The highest BCUT2D eigenvalue weighted by molar-refractivity contribution is 7.89. The van der Waals surface area contributed by atoms with Crippen molar-refractivity contribution in [1.29, 1.82) is 0 Å². The van der Waals surface area contributed by atoms with Gasteiger partial charge in [0.05, 0.1) is 11.4 Å². The number of hydrogen-bond donors (Lipinski definition) is 4. The Bertz CT molecular complexity index is 874. The van der Waals surface area contributed by atoms with E-state index in [-0.39, 0.29) is 17.0 Å². The fraction of sp³-hybridized carbons (Fsp3) is 0.250. The van der Waals surface area contributed by atoms with Crippen LogP contribution >= 0.6 is 11.3 Å². The lowest BCUT2D eigenvalue weighted by atomic mass is 10.1. The minimum Gasteiger partial charge on any atom is -0.479 e. The van der Waals surface area contributed by atoms with E-state index in [1.807, 2.05) is 17.5 Å². The summed E-state index contributed by atoms with van der Waals surface area (Å²) in [5, 5.41) is 22.5. The monoisotopic (exact) mass is 398 g/mol. The van der Waals surface area contributed by atoms with E-state index in [2.05, 4.69) is 10.0 Å². The molecule has 0 radical (unpaired) electrons. The summed E-state index contributed by atoms with van der Waals surface area (Å²) in [4.78, 5) is 23.6. The maximum atomic E-state index is 12.2. The summed E-state index contributed by atoms with van der Waals surface area (Å²) >= 11 is 1.43. The Morgan fingerprint density at radius 2 is 1.85 bits per heavy atom. The second-order valence-corrected chi connectivity index (χ2v) is 8.49. The number of aliphatic carboxylic acids is 1. The summed E-state index contributed by atoms with van der Waals surface area (Å²) in [6, 6.07) is 8.81. The molecule has 2 rings (SSSR count). The highest BCUT2D eigenvalue weighted by atomic mass is 32.2. The maximum Gasteiger partial charge on any atom is 0.337 e. The van der Waals surface area contributed by atoms with Gasteiger partial charge in [0.25, 0.3) is 5.91 Å². The van der Waals surface area contributed by atoms with E-state index < -0.39 is 34.0 Å². The number of carboxylic acids is 1. The van der Waals surface area contributed by atoms with Gasteiger partial charge in [0, 0.05) is 17.0 Å². The number of aliphatic hydroxyl groups is 1. The van der Waals surface area contributed by atoms with E-state index in [0.717, 1.165) is 11.8 Å². The largest absolute Gasteiger partial charge is 0.479 e. The van der Waals surface area contributed by atoms with Crippen molar-refractivity contribution >= 4 is 33.2 Å². The lowest BCUT2D eigenvalue weighted by molar-refractivity contribution is -0.155. The van der Waals surface area contributed by atoms with Crippen molar-refractivity contribution in [3.05, 3.63) is 52.2 Å². The average Bonchev–Trinajstić information content (AvgIpc) is 3.11. The molecule has 140 valence electrons. The molecule has 8 nitrogen and oxygen atoms in total. The number of sulfonamides is 1. The Morgan fingerprint density at radius 1 is 1.19 bits per heavy atom. The van der Waals surface area contributed by atoms with E-state index in [1.165, 1.54) is 35.6 Å². The number of carboxylic acid groups (broad SMARTS) is 1. The molecular weight excluding hydrogens is 380 g/mol. The molecule has 0 fully saturated rings. The summed E-state index contributed by atoms with van der Waals surface area (Å²) in [6.07, 6.45) is 0. The molecule has 26 heavy (non-hydrogen) atoms. The van der Waals surface area contributed by atoms with Crippen LogP contribution in [0.2, 0.25) is 0 Å². The molecular formula is C16H18N2O6S2. The molecule has 1 unspecified atom stereocenters. The normalized spacial score (nSPS) is 13.8.